The van der Waals surface area contributed by atoms with Crippen LogP contribution in [0.4, 0.5) is 0 Å². The van der Waals surface area contributed by atoms with Crippen LogP contribution in [0, 0.1) is 0 Å². The minimum Gasteiger partial charge on any atom is -0.497 e. The number of methoxy groups -OCH3 is 1. The van der Waals surface area contributed by atoms with Gasteiger partial charge in [-0.15, -0.1) is 10.2 Å². The van der Waals surface area contributed by atoms with E-state index in [0.717, 1.165) is 11.3 Å². The van der Waals surface area contributed by atoms with Crippen LogP contribution in [0.2, 0.25) is 0 Å². The van der Waals surface area contributed by atoms with E-state index in [-0.39, 0.29) is 0 Å². The monoisotopic (exact) mass is 318 g/mol. The number of aromatic nitrogens is 4. The first-order valence-corrected chi connectivity index (χ1v) is 8.03. The first kappa shape index (κ1) is 14.5. The van der Waals surface area contributed by atoms with Gasteiger partial charge in [0.25, 0.3) is 0 Å². The maximum absolute atomic E-state index is 11.5. The SMILES string of the molecule is COc1ccc(-c2nc(Cn3cnnc3S(C)=O)co2)cc1. The predicted octanol–water partition coefficient (Wildman–Crippen LogP) is 1.73. The summed E-state index contributed by atoms with van der Waals surface area (Å²) in [6.45, 7) is 0.404. The summed E-state index contributed by atoms with van der Waals surface area (Å²) in [5.74, 6) is 1.29. The molecular weight excluding hydrogens is 304 g/mol. The number of ether oxygens (including phenoxy) is 1. The lowest BCUT2D eigenvalue weighted by Crippen LogP contribution is -2.05. The maximum Gasteiger partial charge on any atom is 0.226 e. The van der Waals surface area contributed by atoms with Crippen molar-refractivity contribution in [2.75, 3.05) is 13.4 Å². The first-order chi connectivity index (χ1) is 10.7. The van der Waals surface area contributed by atoms with E-state index in [1.807, 2.05) is 24.3 Å². The quantitative estimate of drug-likeness (QED) is 0.712. The molecule has 0 saturated carbocycles. The molecule has 0 bridgehead atoms. The van der Waals surface area contributed by atoms with Gasteiger partial charge in [0, 0.05) is 11.8 Å². The average Bonchev–Trinajstić information content (AvgIpc) is 3.17. The molecule has 0 spiro atoms. The Morgan fingerprint density at radius 1 is 1.32 bits per heavy atom. The minimum absolute atomic E-state index is 0.404. The molecule has 0 fully saturated rings. The molecule has 0 saturated heterocycles. The molecule has 114 valence electrons. The van der Waals surface area contributed by atoms with Gasteiger partial charge >= 0.3 is 0 Å². The van der Waals surface area contributed by atoms with E-state index in [4.69, 9.17) is 9.15 Å². The standard InChI is InChI=1S/C14H14N4O3S/c1-20-12-5-3-10(4-6-12)13-16-11(8-21-13)7-18-9-15-17-14(18)22(2)19/h3-6,8-9H,7H2,1-2H3. The second-order valence-corrected chi connectivity index (χ2v) is 5.84. The Bertz CT molecular complexity index is 795. The van der Waals surface area contributed by atoms with Crippen molar-refractivity contribution in [2.24, 2.45) is 0 Å². The molecule has 2 heterocycles. The number of benzene rings is 1. The lowest BCUT2D eigenvalue weighted by atomic mass is 10.2. The molecule has 22 heavy (non-hydrogen) atoms. The largest absolute Gasteiger partial charge is 0.497 e. The van der Waals surface area contributed by atoms with Crippen molar-refractivity contribution < 1.29 is 13.4 Å². The summed E-state index contributed by atoms with van der Waals surface area (Å²) >= 11 is 0. The highest BCUT2D eigenvalue weighted by Crippen LogP contribution is 2.22. The summed E-state index contributed by atoms with van der Waals surface area (Å²) in [5.41, 5.74) is 1.56. The van der Waals surface area contributed by atoms with Crippen molar-refractivity contribution in [1.29, 1.82) is 0 Å². The fourth-order valence-electron chi connectivity index (χ4n) is 2.00. The molecule has 3 rings (SSSR count). The molecule has 1 atom stereocenters. The zero-order valence-electron chi connectivity index (χ0n) is 12.1. The van der Waals surface area contributed by atoms with Crippen LogP contribution in [0.15, 0.2) is 46.4 Å². The molecule has 3 aromatic rings. The van der Waals surface area contributed by atoms with Gasteiger partial charge in [-0.2, -0.15) is 0 Å². The molecule has 0 aliphatic carbocycles. The van der Waals surface area contributed by atoms with Crippen molar-refractivity contribution in [1.82, 2.24) is 19.7 Å². The van der Waals surface area contributed by atoms with E-state index in [2.05, 4.69) is 15.2 Å². The normalized spacial score (nSPS) is 12.3. The van der Waals surface area contributed by atoms with Crippen LogP contribution in [0.5, 0.6) is 5.75 Å². The van der Waals surface area contributed by atoms with E-state index in [9.17, 15) is 4.21 Å². The van der Waals surface area contributed by atoms with Gasteiger partial charge in [0.2, 0.25) is 11.0 Å². The van der Waals surface area contributed by atoms with E-state index < -0.39 is 10.8 Å². The number of oxazole rings is 1. The number of hydrogen-bond acceptors (Lipinski definition) is 6. The third-order valence-corrected chi connectivity index (χ3v) is 3.89. The van der Waals surface area contributed by atoms with Crippen molar-refractivity contribution in [3.8, 4) is 17.2 Å². The van der Waals surface area contributed by atoms with Crippen LogP contribution in [0.25, 0.3) is 11.5 Å². The van der Waals surface area contributed by atoms with Crippen LogP contribution < -0.4 is 4.74 Å². The molecular formula is C14H14N4O3S. The van der Waals surface area contributed by atoms with Crippen LogP contribution in [0.3, 0.4) is 0 Å². The average molecular weight is 318 g/mol. The zero-order chi connectivity index (χ0) is 15.5. The molecule has 0 radical (unpaired) electrons. The molecule has 1 aromatic carbocycles. The van der Waals surface area contributed by atoms with Gasteiger partial charge in [-0.05, 0) is 24.3 Å². The number of hydrogen-bond donors (Lipinski definition) is 0. The van der Waals surface area contributed by atoms with Crippen LogP contribution in [-0.2, 0) is 17.3 Å². The Kier molecular flexibility index (Phi) is 4.01. The molecule has 8 heteroatoms. The van der Waals surface area contributed by atoms with E-state index in [1.165, 1.54) is 6.33 Å². The number of rotatable bonds is 5. The fraction of sp³-hybridized carbons (Fsp3) is 0.214. The topological polar surface area (TPSA) is 83.0 Å². The summed E-state index contributed by atoms with van der Waals surface area (Å²) in [6.07, 6.45) is 4.66. The maximum atomic E-state index is 11.5. The molecule has 0 aliphatic rings. The Hall–Kier alpha value is -2.48. The van der Waals surface area contributed by atoms with Crippen molar-refractivity contribution >= 4 is 10.8 Å². The van der Waals surface area contributed by atoms with Crippen LogP contribution in [0.1, 0.15) is 5.69 Å². The summed E-state index contributed by atoms with van der Waals surface area (Å²) < 4.78 is 23.8. The van der Waals surface area contributed by atoms with Crippen molar-refractivity contribution in [3.05, 3.63) is 42.5 Å². The lowest BCUT2D eigenvalue weighted by molar-refractivity contribution is 0.415. The van der Waals surface area contributed by atoms with Gasteiger partial charge in [0.05, 0.1) is 30.1 Å². The molecule has 0 amide bonds. The lowest BCUT2D eigenvalue weighted by Gasteiger charge is -2.01. The highest BCUT2D eigenvalue weighted by Gasteiger charge is 2.12. The van der Waals surface area contributed by atoms with Gasteiger partial charge in [-0.3, -0.25) is 4.21 Å². The highest BCUT2D eigenvalue weighted by molar-refractivity contribution is 7.84. The zero-order valence-corrected chi connectivity index (χ0v) is 12.9. The van der Waals surface area contributed by atoms with Gasteiger partial charge in [0.15, 0.2) is 0 Å². The van der Waals surface area contributed by atoms with Gasteiger partial charge in [0.1, 0.15) is 18.3 Å². The highest BCUT2D eigenvalue weighted by atomic mass is 32.2. The molecule has 0 aliphatic heterocycles. The van der Waals surface area contributed by atoms with Gasteiger partial charge < -0.3 is 13.7 Å². The molecule has 7 nitrogen and oxygen atoms in total. The van der Waals surface area contributed by atoms with E-state index in [1.54, 1.807) is 24.2 Å². The smallest absolute Gasteiger partial charge is 0.226 e. The Labute approximate surface area is 129 Å². The minimum atomic E-state index is -1.20. The first-order valence-electron chi connectivity index (χ1n) is 6.47. The second kappa shape index (κ2) is 6.10. The van der Waals surface area contributed by atoms with Crippen molar-refractivity contribution in [2.45, 2.75) is 11.7 Å². The van der Waals surface area contributed by atoms with Gasteiger partial charge in [-0.1, -0.05) is 0 Å². The number of nitrogens with zero attached hydrogens (tertiary/aromatic N) is 4. The summed E-state index contributed by atoms with van der Waals surface area (Å²) in [7, 11) is 0.419. The van der Waals surface area contributed by atoms with Crippen LogP contribution >= 0.6 is 0 Å². The predicted molar refractivity (Wildman–Crippen MR) is 79.9 cm³/mol. The van der Waals surface area contributed by atoms with Crippen LogP contribution in [-0.4, -0.2) is 37.3 Å². The van der Waals surface area contributed by atoms with Gasteiger partial charge in [-0.25, -0.2) is 4.98 Å². The third-order valence-electron chi connectivity index (χ3n) is 3.06. The summed E-state index contributed by atoms with van der Waals surface area (Å²) in [6, 6.07) is 7.44. The molecule has 0 N–H and O–H groups in total. The van der Waals surface area contributed by atoms with E-state index >= 15 is 0 Å². The summed E-state index contributed by atoms with van der Waals surface area (Å²) in [4.78, 5) is 4.43. The molecule has 1 unspecified atom stereocenters. The van der Waals surface area contributed by atoms with E-state index in [0.29, 0.717) is 23.3 Å². The third kappa shape index (κ3) is 2.91. The Morgan fingerprint density at radius 2 is 2.09 bits per heavy atom. The summed E-state index contributed by atoms with van der Waals surface area (Å²) in [5, 5.41) is 8.02. The fourth-order valence-corrected chi connectivity index (χ4v) is 2.60. The second-order valence-electron chi connectivity index (χ2n) is 4.57. The molecule has 2 aromatic heterocycles. The van der Waals surface area contributed by atoms with Crippen molar-refractivity contribution in [3.63, 3.8) is 0 Å². The Morgan fingerprint density at radius 3 is 2.77 bits per heavy atom. The Balaban J connectivity index is 1.81.